The summed E-state index contributed by atoms with van der Waals surface area (Å²) in [7, 11) is 0. The fourth-order valence-corrected chi connectivity index (χ4v) is 3.49. The van der Waals surface area contributed by atoms with Gasteiger partial charge in [0.2, 0.25) is 5.91 Å². The first-order valence-electron chi connectivity index (χ1n) is 8.98. The molecule has 1 aliphatic heterocycles. The van der Waals surface area contributed by atoms with E-state index in [4.69, 9.17) is 10.5 Å². The van der Waals surface area contributed by atoms with Crippen molar-refractivity contribution in [1.82, 2.24) is 4.90 Å². The van der Waals surface area contributed by atoms with E-state index in [0.29, 0.717) is 32.5 Å². The first-order chi connectivity index (χ1) is 12.2. The van der Waals surface area contributed by atoms with E-state index < -0.39 is 0 Å². The summed E-state index contributed by atoms with van der Waals surface area (Å²) in [6.45, 7) is 3.94. The lowest BCUT2D eigenvalue weighted by atomic mass is 9.95. The van der Waals surface area contributed by atoms with Crippen LogP contribution in [0, 0.1) is 0 Å². The van der Waals surface area contributed by atoms with Gasteiger partial charge < -0.3 is 15.4 Å². The van der Waals surface area contributed by atoms with Crippen LogP contribution in [-0.4, -0.2) is 36.5 Å². The molecule has 1 saturated heterocycles. The lowest BCUT2D eigenvalue weighted by molar-refractivity contribution is -0.130. The summed E-state index contributed by atoms with van der Waals surface area (Å²) < 4.78 is 5.64. The SMILES string of the molecule is CCOc1ccccc1CCC(=O)N1C[C@@H](N)[C@H](c2ccccc2)C1. The van der Waals surface area contributed by atoms with Crippen LogP contribution in [0.15, 0.2) is 54.6 Å². The zero-order valence-electron chi connectivity index (χ0n) is 14.7. The fraction of sp³-hybridized carbons (Fsp3) is 0.381. The molecule has 0 spiro atoms. The van der Waals surface area contributed by atoms with E-state index in [-0.39, 0.29) is 17.9 Å². The highest BCUT2D eigenvalue weighted by atomic mass is 16.5. The molecule has 0 radical (unpaired) electrons. The van der Waals surface area contributed by atoms with Crippen LogP contribution in [0.25, 0.3) is 0 Å². The lowest BCUT2D eigenvalue weighted by Crippen LogP contribution is -2.32. The van der Waals surface area contributed by atoms with Gasteiger partial charge >= 0.3 is 0 Å². The van der Waals surface area contributed by atoms with E-state index in [0.717, 1.165) is 11.3 Å². The minimum atomic E-state index is 0.00191. The highest BCUT2D eigenvalue weighted by Crippen LogP contribution is 2.27. The van der Waals surface area contributed by atoms with Gasteiger partial charge in [0.1, 0.15) is 5.75 Å². The Bertz CT molecular complexity index is 702. The van der Waals surface area contributed by atoms with Crippen molar-refractivity contribution >= 4 is 5.91 Å². The summed E-state index contributed by atoms with van der Waals surface area (Å²) >= 11 is 0. The van der Waals surface area contributed by atoms with Crippen LogP contribution < -0.4 is 10.5 Å². The standard InChI is InChI=1S/C21H26N2O2/c1-2-25-20-11-7-6-10-17(20)12-13-21(24)23-14-18(19(22)15-23)16-8-4-3-5-9-16/h3-11,18-19H,2,12-15,22H2,1H3/t18-,19+/m0/s1. The molecule has 0 aromatic heterocycles. The van der Waals surface area contributed by atoms with Gasteiger partial charge in [0, 0.05) is 31.5 Å². The molecule has 1 fully saturated rings. The number of hydrogen-bond acceptors (Lipinski definition) is 3. The predicted octanol–water partition coefficient (Wildman–Crippen LogP) is 2.97. The normalized spacial score (nSPS) is 19.8. The van der Waals surface area contributed by atoms with Gasteiger partial charge in [-0.3, -0.25) is 4.79 Å². The number of nitrogens with two attached hydrogens (primary N) is 1. The molecule has 4 nitrogen and oxygen atoms in total. The van der Waals surface area contributed by atoms with Gasteiger partial charge in [-0.05, 0) is 30.5 Å². The molecule has 2 aromatic carbocycles. The summed E-state index contributed by atoms with van der Waals surface area (Å²) in [6, 6.07) is 18.2. The molecule has 132 valence electrons. The lowest BCUT2D eigenvalue weighted by Gasteiger charge is -2.17. The zero-order valence-corrected chi connectivity index (χ0v) is 14.7. The summed E-state index contributed by atoms with van der Waals surface area (Å²) in [5.41, 5.74) is 8.60. The van der Waals surface area contributed by atoms with Crippen molar-refractivity contribution in [1.29, 1.82) is 0 Å². The molecule has 1 heterocycles. The van der Waals surface area contributed by atoms with Crippen molar-refractivity contribution in [2.24, 2.45) is 5.73 Å². The average Bonchev–Trinajstić information content (AvgIpc) is 3.03. The molecule has 2 aromatic rings. The Morgan fingerprint density at radius 1 is 1.12 bits per heavy atom. The van der Waals surface area contributed by atoms with Gasteiger partial charge in [-0.15, -0.1) is 0 Å². The molecule has 3 rings (SSSR count). The van der Waals surface area contributed by atoms with Crippen LogP contribution in [0.2, 0.25) is 0 Å². The maximum Gasteiger partial charge on any atom is 0.222 e. The third-order valence-corrected chi connectivity index (χ3v) is 4.83. The number of amides is 1. The van der Waals surface area contributed by atoms with E-state index in [1.54, 1.807) is 0 Å². The van der Waals surface area contributed by atoms with Crippen LogP contribution in [0.3, 0.4) is 0 Å². The molecule has 1 aliphatic rings. The van der Waals surface area contributed by atoms with Crippen LogP contribution in [0.1, 0.15) is 30.4 Å². The van der Waals surface area contributed by atoms with Crippen molar-refractivity contribution in [3.8, 4) is 5.75 Å². The number of carbonyl (C=O) groups is 1. The average molecular weight is 338 g/mol. The van der Waals surface area contributed by atoms with Crippen LogP contribution in [0.4, 0.5) is 0 Å². The minimum Gasteiger partial charge on any atom is -0.494 e. The van der Waals surface area contributed by atoms with Gasteiger partial charge in [0.25, 0.3) is 0 Å². The van der Waals surface area contributed by atoms with E-state index in [1.807, 2.05) is 54.3 Å². The molecular formula is C21H26N2O2. The molecule has 0 unspecified atom stereocenters. The van der Waals surface area contributed by atoms with Crippen LogP contribution in [0.5, 0.6) is 5.75 Å². The number of nitrogens with zero attached hydrogens (tertiary/aromatic N) is 1. The molecule has 0 bridgehead atoms. The predicted molar refractivity (Wildman–Crippen MR) is 99.7 cm³/mol. The van der Waals surface area contributed by atoms with Crippen molar-refractivity contribution in [2.45, 2.75) is 31.7 Å². The molecule has 4 heteroatoms. The second-order valence-electron chi connectivity index (χ2n) is 6.52. The third kappa shape index (κ3) is 4.20. The first-order valence-corrected chi connectivity index (χ1v) is 8.98. The van der Waals surface area contributed by atoms with Crippen molar-refractivity contribution in [3.63, 3.8) is 0 Å². The fourth-order valence-electron chi connectivity index (χ4n) is 3.49. The minimum absolute atomic E-state index is 0.00191. The number of para-hydroxylation sites is 1. The highest BCUT2D eigenvalue weighted by Gasteiger charge is 2.33. The van der Waals surface area contributed by atoms with Crippen molar-refractivity contribution in [3.05, 3.63) is 65.7 Å². The number of likely N-dealkylation sites (tertiary alicyclic amines) is 1. The number of benzene rings is 2. The van der Waals surface area contributed by atoms with Crippen molar-refractivity contribution in [2.75, 3.05) is 19.7 Å². The number of carbonyl (C=O) groups excluding carboxylic acids is 1. The monoisotopic (exact) mass is 338 g/mol. The van der Waals surface area contributed by atoms with Gasteiger partial charge in [-0.25, -0.2) is 0 Å². The smallest absolute Gasteiger partial charge is 0.222 e. The van der Waals surface area contributed by atoms with E-state index in [9.17, 15) is 4.79 Å². The summed E-state index contributed by atoms with van der Waals surface area (Å²) in [4.78, 5) is 14.5. The number of ether oxygens (including phenoxy) is 1. The molecule has 2 N–H and O–H groups in total. The number of hydrogen-bond donors (Lipinski definition) is 1. The molecule has 2 atom stereocenters. The molecule has 25 heavy (non-hydrogen) atoms. The highest BCUT2D eigenvalue weighted by molar-refractivity contribution is 5.77. The van der Waals surface area contributed by atoms with Crippen molar-refractivity contribution < 1.29 is 9.53 Å². The quantitative estimate of drug-likeness (QED) is 0.881. The maximum absolute atomic E-state index is 12.6. The zero-order chi connectivity index (χ0) is 17.6. The maximum atomic E-state index is 12.6. The summed E-state index contributed by atoms with van der Waals surface area (Å²) in [5, 5.41) is 0. The Morgan fingerprint density at radius 2 is 1.84 bits per heavy atom. The topological polar surface area (TPSA) is 55.6 Å². The van der Waals surface area contributed by atoms with E-state index in [1.165, 1.54) is 5.56 Å². The summed E-state index contributed by atoms with van der Waals surface area (Å²) in [6.07, 6.45) is 1.18. The van der Waals surface area contributed by atoms with Gasteiger partial charge in [0.15, 0.2) is 0 Å². The second-order valence-corrected chi connectivity index (χ2v) is 6.52. The molecule has 0 saturated carbocycles. The molecular weight excluding hydrogens is 312 g/mol. The first kappa shape index (κ1) is 17.5. The van der Waals surface area contributed by atoms with Gasteiger partial charge in [-0.2, -0.15) is 0 Å². The third-order valence-electron chi connectivity index (χ3n) is 4.83. The van der Waals surface area contributed by atoms with E-state index >= 15 is 0 Å². The molecule has 0 aliphatic carbocycles. The Labute approximate surface area is 149 Å². The van der Waals surface area contributed by atoms with Gasteiger partial charge in [-0.1, -0.05) is 48.5 Å². The Morgan fingerprint density at radius 3 is 2.60 bits per heavy atom. The van der Waals surface area contributed by atoms with Crippen LogP contribution in [-0.2, 0) is 11.2 Å². The Hall–Kier alpha value is -2.33. The molecule has 1 amide bonds. The summed E-state index contributed by atoms with van der Waals surface area (Å²) in [5.74, 6) is 1.26. The second kappa shape index (κ2) is 8.17. The van der Waals surface area contributed by atoms with Gasteiger partial charge in [0.05, 0.1) is 6.61 Å². The number of aryl methyl sites for hydroxylation is 1. The van der Waals surface area contributed by atoms with Crippen LogP contribution >= 0.6 is 0 Å². The Balaban J connectivity index is 1.59. The Kier molecular flexibility index (Phi) is 5.71. The number of rotatable bonds is 6. The largest absolute Gasteiger partial charge is 0.494 e. The van der Waals surface area contributed by atoms with E-state index in [2.05, 4.69) is 12.1 Å².